The second-order valence-corrected chi connectivity index (χ2v) is 7.88. The second-order valence-electron chi connectivity index (χ2n) is 7.88. The zero-order chi connectivity index (χ0) is 24.6. The fourth-order valence-electron chi connectivity index (χ4n) is 2.94. The number of esters is 1. The van der Waals surface area contributed by atoms with Gasteiger partial charge in [-0.05, 0) is 70.7 Å². The summed E-state index contributed by atoms with van der Waals surface area (Å²) in [5.74, 6) is 0.573. The largest absolute Gasteiger partial charge is 0.468 e. The van der Waals surface area contributed by atoms with Gasteiger partial charge in [0.2, 0.25) is 0 Å². The molecule has 6 heteroatoms. The summed E-state index contributed by atoms with van der Waals surface area (Å²) in [5, 5.41) is 0. The molecule has 1 aromatic carbocycles. The summed E-state index contributed by atoms with van der Waals surface area (Å²) in [4.78, 5) is 12.7. The highest BCUT2D eigenvalue weighted by molar-refractivity contribution is 5.88. The van der Waals surface area contributed by atoms with Crippen molar-refractivity contribution in [3.63, 3.8) is 0 Å². The molecule has 6 nitrogen and oxygen atoms in total. The molecule has 0 unspecified atom stereocenters. The number of carbonyl (C=O) groups is 1. The monoisotopic (exact) mass is 458 g/mol. The maximum absolute atomic E-state index is 12.7. The molecule has 0 heterocycles. The van der Waals surface area contributed by atoms with E-state index < -0.39 is 12.1 Å². The van der Waals surface area contributed by atoms with Gasteiger partial charge in [0.25, 0.3) is 0 Å². The zero-order valence-electron chi connectivity index (χ0n) is 20.6. The number of carbonyl (C=O) groups excluding carboxylic acids is 1. The first kappa shape index (κ1) is 28.2. The Labute approximate surface area is 198 Å². The van der Waals surface area contributed by atoms with Gasteiger partial charge < -0.3 is 23.7 Å². The first-order valence-electron chi connectivity index (χ1n) is 11.0. The van der Waals surface area contributed by atoms with Crippen LogP contribution < -0.4 is 9.47 Å². The maximum atomic E-state index is 12.7. The van der Waals surface area contributed by atoms with Crippen molar-refractivity contribution in [3.8, 4) is 11.5 Å². The van der Waals surface area contributed by atoms with Gasteiger partial charge in [-0.3, -0.25) is 0 Å². The fraction of sp³-hybridized carbons (Fsp3) is 0.444. The number of allylic oxidation sites excluding steroid dienone is 4. The van der Waals surface area contributed by atoms with Crippen molar-refractivity contribution >= 4 is 5.97 Å². The Kier molecular flexibility index (Phi) is 13.6. The Hall–Kier alpha value is -2.83. The molecule has 0 fully saturated rings. The van der Waals surface area contributed by atoms with Crippen LogP contribution in [-0.4, -0.2) is 33.8 Å². The minimum absolute atomic E-state index is 0.0507. The van der Waals surface area contributed by atoms with E-state index in [2.05, 4.69) is 46.1 Å². The van der Waals surface area contributed by atoms with Crippen molar-refractivity contribution in [3.05, 3.63) is 71.9 Å². The van der Waals surface area contributed by atoms with Crippen LogP contribution >= 0.6 is 0 Å². The van der Waals surface area contributed by atoms with Gasteiger partial charge in [0.05, 0.1) is 0 Å². The van der Waals surface area contributed by atoms with E-state index in [4.69, 9.17) is 23.7 Å². The first-order chi connectivity index (χ1) is 15.8. The molecular weight excluding hydrogens is 420 g/mol. The van der Waals surface area contributed by atoms with E-state index >= 15 is 0 Å². The Morgan fingerprint density at radius 1 is 1.00 bits per heavy atom. The minimum atomic E-state index is -0.742. The number of ether oxygens (including phenoxy) is 5. The van der Waals surface area contributed by atoms with E-state index in [1.165, 1.54) is 31.4 Å². The normalized spacial score (nSPS) is 12.0. The molecule has 182 valence electrons. The lowest BCUT2D eigenvalue weighted by atomic mass is 10.1. The third-order valence-corrected chi connectivity index (χ3v) is 4.73. The number of hydrogen-bond acceptors (Lipinski definition) is 6. The van der Waals surface area contributed by atoms with Gasteiger partial charge in [-0.1, -0.05) is 36.5 Å². The van der Waals surface area contributed by atoms with E-state index in [0.29, 0.717) is 29.1 Å². The van der Waals surface area contributed by atoms with Crippen LogP contribution in [-0.2, 0) is 19.0 Å². The molecule has 1 atom stereocenters. The molecule has 0 bridgehead atoms. The van der Waals surface area contributed by atoms with Gasteiger partial charge in [-0.15, -0.1) is 0 Å². The molecule has 0 N–H and O–H groups in total. The third kappa shape index (κ3) is 11.0. The summed E-state index contributed by atoms with van der Waals surface area (Å²) >= 11 is 0. The van der Waals surface area contributed by atoms with Crippen LogP contribution in [0.4, 0.5) is 0 Å². The molecule has 1 aromatic rings. The van der Waals surface area contributed by atoms with Crippen molar-refractivity contribution in [1.29, 1.82) is 0 Å². The number of hydrogen-bond donors (Lipinski definition) is 0. The van der Waals surface area contributed by atoms with Crippen molar-refractivity contribution in [2.45, 2.75) is 52.6 Å². The predicted octanol–water partition coefficient (Wildman–Crippen LogP) is 6.45. The van der Waals surface area contributed by atoms with Crippen molar-refractivity contribution in [2.75, 3.05) is 27.8 Å². The fourth-order valence-corrected chi connectivity index (χ4v) is 2.94. The molecule has 33 heavy (non-hydrogen) atoms. The molecule has 0 radical (unpaired) electrons. The van der Waals surface area contributed by atoms with Crippen LogP contribution in [0.15, 0.2) is 66.3 Å². The maximum Gasteiger partial charge on any atom is 0.334 e. The van der Waals surface area contributed by atoms with E-state index in [0.717, 1.165) is 19.3 Å². The van der Waals surface area contributed by atoms with Crippen LogP contribution in [0.2, 0.25) is 0 Å². The summed E-state index contributed by atoms with van der Waals surface area (Å²) in [6.07, 6.45) is 8.45. The van der Waals surface area contributed by atoms with E-state index in [9.17, 15) is 4.79 Å². The summed E-state index contributed by atoms with van der Waals surface area (Å²) in [5.41, 5.74) is 3.61. The van der Waals surface area contributed by atoms with Gasteiger partial charge in [-0.2, -0.15) is 0 Å². The van der Waals surface area contributed by atoms with Crippen LogP contribution in [0.1, 0.15) is 58.1 Å². The van der Waals surface area contributed by atoms with Crippen LogP contribution in [0.3, 0.4) is 0 Å². The van der Waals surface area contributed by atoms with E-state index in [1.54, 1.807) is 18.2 Å². The quantitative estimate of drug-likeness (QED) is 0.123. The summed E-state index contributed by atoms with van der Waals surface area (Å²) in [6, 6.07) is 5.19. The lowest BCUT2D eigenvalue weighted by molar-refractivity contribution is -0.142. The highest BCUT2D eigenvalue weighted by Gasteiger charge is 2.20. The van der Waals surface area contributed by atoms with Gasteiger partial charge >= 0.3 is 5.97 Å². The zero-order valence-corrected chi connectivity index (χ0v) is 20.6. The van der Waals surface area contributed by atoms with E-state index in [1.807, 2.05) is 0 Å². The molecule has 0 aromatic heterocycles. The molecule has 0 amide bonds. The standard InChI is InChI=1S/C27H38O6/c1-8-25(24-17-23(31-18-29-6)15-16-26(24)32-19-30-7)33-27(28)22(5)14-10-13-21(4)12-9-11-20(2)3/h8,11,13,15-17,25H,1,5,9-10,12,14,18-19H2,2-4,6-7H3/b21-13+/t25-/m1/s1. The molecule has 0 aliphatic rings. The van der Waals surface area contributed by atoms with Gasteiger partial charge in [0.1, 0.15) is 17.6 Å². The van der Waals surface area contributed by atoms with Gasteiger partial charge in [0.15, 0.2) is 13.6 Å². The number of methoxy groups -OCH3 is 2. The molecule has 0 aliphatic heterocycles. The smallest absolute Gasteiger partial charge is 0.334 e. The Balaban J connectivity index is 2.80. The summed E-state index contributed by atoms with van der Waals surface area (Å²) in [7, 11) is 3.07. The molecule has 0 saturated carbocycles. The Bertz CT molecular complexity index is 833. The predicted molar refractivity (Wildman–Crippen MR) is 131 cm³/mol. The second kappa shape index (κ2) is 15.9. The summed E-state index contributed by atoms with van der Waals surface area (Å²) < 4.78 is 26.8. The van der Waals surface area contributed by atoms with Crippen LogP contribution in [0.25, 0.3) is 0 Å². The topological polar surface area (TPSA) is 63.2 Å². The molecule has 0 aliphatic carbocycles. The van der Waals surface area contributed by atoms with E-state index in [-0.39, 0.29) is 13.6 Å². The summed E-state index contributed by atoms with van der Waals surface area (Å²) in [6.45, 7) is 14.2. The van der Waals surface area contributed by atoms with Crippen molar-refractivity contribution in [1.82, 2.24) is 0 Å². The Morgan fingerprint density at radius 2 is 1.67 bits per heavy atom. The van der Waals surface area contributed by atoms with Crippen LogP contribution in [0, 0.1) is 0 Å². The average molecular weight is 459 g/mol. The molecule has 0 spiro atoms. The SMILES string of the molecule is C=C[C@@H](OC(=O)C(=C)CC/C=C(\C)CCC=C(C)C)c1cc(OCOC)ccc1OCOC. The Morgan fingerprint density at radius 3 is 2.30 bits per heavy atom. The highest BCUT2D eigenvalue weighted by Crippen LogP contribution is 2.33. The van der Waals surface area contributed by atoms with Gasteiger partial charge in [0, 0.05) is 25.4 Å². The minimum Gasteiger partial charge on any atom is -0.468 e. The molecular formula is C27H38O6. The van der Waals surface area contributed by atoms with Crippen molar-refractivity contribution in [2.24, 2.45) is 0 Å². The molecule has 0 saturated heterocycles. The number of rotatable bonds is 16. The average Bonchev–Trinajstić information content (AvgIpc) is 2.79. The lowest BCUT2D eigenvalue weighted by Gasteiger charge is -2.20. The molecule has 1 rings (SSSR count). The third-order valence-electron chi connectivity index (χ3n) is 4.73. The van der Waals surface area contributed by atoms with Crippen molar-refractivity contribution < 1.29 is 28.5 Å². The lowest BCUT2D eigenvalue weighted by Crippen LogP contribution is -2.13. The van der Waals surface area contributed by atoms with Crippen LogP contribution in [0.5, 0.6) is 11.5 Å². The first-order valence-corrected chi connectivity index (χ1v) is 11.0. The number of benzene rings is 1. The van der Waals surface area contributed by atoms with Gasteiger partial charge in [-0.25, -0.2) is 4.79 Å². The highest BCUT2D eigenvalue weighted by atomic mass is 16.7.